The van der Waals surface area contributed by atoms with Crippen molar-refractivity contribution in [3.63, 3.8) is 0 Å². The van der Waals surface area contributed by atoms with Gasteiger partial charge in [-0.25, -0.2) is 13.4 Å². The number of sulfonamides is 1. The number of hydrogen-bond donors (Lipinski definition) is 1. The molecule has 2 heterocycles. The summed E-state index contributed by atoms with van der Waals surface area (Å²) in [5.74, 6) is 0.494. The van der Waals surface area contributed by atoms with Crippen molar-refractivity contribution < 1.29 is 27.4 Å². The second-order valence-electron chi connectivity index (χ2n) is 7.25. The van der Waals surface area contributed by atoms with Gasteiger partial charge in [0.25, 0.3) is 5.56 Å². The van der Waals surface area contributed by atoms with Crippen LogP contribution in [0.25, 0.3) is 10.9 Å². The number of nitrogens with zero attached hydrogens (tertiary/aromatic N) is 3. The maximum absolute atomic E-state index is 12.8. The number of aryl methyl sites for hydroxylation is 1. The van der Waals surface area contributed by atoms with Gasteiger partial charge in [0.05, 0.1) is 50.4 Å². The molecular weight excluding hydrogens is 440 g/mol. The van der Waals surface area contributed by atoms with Gasteiger partial charge in [0.1, 0.15) is 0 Å². The lowest BCUT2D eigenvalue weighted by Gasteiger charge is -2.26. The van der Waals surface area contributed by atoms with E-state index in [9.17, 15) is 18.0 Å². The van der Waals surface area contributed by atoms with Crippen LogP contribution < -0.4 is 20.3 Å². The number of hydrogen-bond acceptors (Lipinski definition) is 8. The zero-order chi connectivity index (χ0) is 23.1. The monoisotopic (exact) mass is 468 g/mol. The molecule has 1 aliphatic heterocycles. The molecule has 1 aromatic heterocycles. The van der Waals surface area contributed by atoms with Crippen LogP contribution in [0.5, 0.6) is 11.5 Å². The minimum atomic E-state index is -3.41. The summed E-state index contributed by atoms with van der Waals surface area (Å²) in [6.07, 6.45) is 2.00. The quantitative estimate of drug-likeness (QED) is 0.515. The van der Waals surface area contributed by atoms with Crippen LogP contribution in [0.3, 0.4) is 0 Å². The van der Waals surface area contributed by atoms with Crippen LogP contribution in [0.15, 0.2) is 23.3 Å². The second-order valence-corrected chi connectivity index (χ2v) is 9.34. The first-order valence-electron chi connectivity index (χ1n) is 10.3. The van der Waals surface area contributed by atoms with Crippen LogP contribution in [0, 0.1) is 0 Å². The molecule has 0 saturated carbocycles. The lowest BCUT2D eigenvalue weighted by atomic mass is 10.2. The van der Waals surface area contributed by atoms with E-state index in [-0.39, 0.29) is 30.2 Å². The number of ether oxygens (including phenoxy) is 3. The van der Waals surface area contributed by atoms with E-state index in [4.69, 9.17) is 14.2 Å². The fourth-order valence-electron chi connectivity index (χ4n) is 3.42. The van der Waals surface area contributed by atoms with Crippen LogP contribution in [0.1, 0.15) is 12.8 Å². The van der Waals surface area contributed by atoms with Gasteiger partial charge in [0.15, 0.2) is 11.5 Å². The number of methoxy groups -OCH3 is 2. The van der Waals surface area contributed by atoms with Gasteiger partial charge in [0.2, 0.25) is 15.9 Å². The van der Waals surface area contributed by atoms with E-state index in [1.54, 1.807) is 12.1 Å². The highest BCUT2D eigenvalue weighted by Crippen LogP contribution is 2.29. The average molecular weight is 469 g/mol. The van der Waals surface area contributed by atoms with Crippen molar-refractivity contribution in [1.82, 2.24) is 19.2 Å². The summed E-state index contributed by atoms with van der Waals surface area (Å²) >= 11 is 0. The maximum atomic E-state index is 12.8. The van der Waals surface area contributed by atoms with E-state index in [1.807, 2.05) is 0 Å². The van der Waals surface area contributed by atoms with E-state index < -0.39 is 10.0 Å². The Hall–Kier alpha value is -2.70. The topological polar surface area (TPSA) is 129 Å². The SMILES string of the molecule is COc1cc2ncn(CCCC(=O)NCCS(=O)(=O)N3CCOCC3)c(=O)c2cc1OC. The van der Waals surface area contributed by atoms with Gasteiger partial charge in [0, 0.05) is 38.7 Å². The number of amides is 1. The van der Waals surface area contributed by atoms with Gasteiger partial charge in [-0.05, 0) is 12.5 Å². The van der Waals surface area contributed by atoms with E-state index in [0.717, 1.165) is 0 Å². The molecule has 0 aliphatic carbocycles. The largest absolute Gasteiger partial charge is 0.493 e. The number of rotatable bonds is 10. The summed E-state index contributed by atoms with van der Waals surface area (Å²) in [6, 6.07) is 3.22. The zero-order valence-electron chi connectivity index (χ0n) is 18.2. The molecule has 3 rings (SSSR count). The third-order valence-corrected chi connectivity index (χ3v) is 7.05. The first-order valence-corrected chi connectivity index (χ1v) is 11.9. The van der Waals surface area contributed by atoms with Crippen LogP contribution in [0.2, 0.25) is 0 Å². The van der Waals surface area contributed by atoms with E-state index >= 15 is 0 Å². The second kappa shape index (κ2) is 10.7. The number of morpholine rings is 1. The molecular formula is C20H28N4O7S. The van der Waals surface area contributed by atoms with E-state index in [0.29, 0.717) is 61.7 Å². The summed E-state index contributed by atoms with van der Waals surface area (Å²) in [7, 11) is -0.417. The van der Waals surface area contributed by atoms with Gasteiger partial charge >= 0.3 is 0 Å². The molecule has 176 valence electrons. The molecule has 0 radical (unpaired) electrons. The number of aromatic nitrogens is 2. The predicted octanol–water partition coefficient (Wildman–Crippen LogP) is -0.0279. The summed E-state index contributed by atoms with van der Waals surface area (Å²) in [4.78, 5) is 29.1. The first-order chi connectivity index (χ1) is 15.4. The first kappa shape index (κ1) is 24.0. The Balaban J connectivity index is 1.50. The van der Waals surface area contributed by atoms with Gasteiger partial charge in [-0.15, -0.1) is 0 Å². The fraction of sp³-hybridized carbons (Fsp3) is 0.550. The summed E-state index contributed by atoms with van der Waals surface area (Å²) < 4.78 is 43.0. The molecule has 1 fully saturated rings. The summed E-state index contributed by atoms with van der Waals surface area (Å²) in [5.41, 5.74) is 0.246. The zero-order valence-corrected chi connectivity index (χ0v) is 19.0. The molecule has 32 heavy (non-hydrogen) atoms. The van der Waals surface area contributed by atoms with Crippen molar-refractivity contribution in [2.45, 2.75) is 19.4 Å². The normalized spacial score (nSPS) is 14.9. The highest BCUT2D eigenvalue weighted by Gasteiger charge is 2.23. The van der Waals surface area contributed by atoms with Crippen LogP contribution >= 0.6 is 0 Å². The summed E-state index contributed by atoms with van der Waals surface area (Å²) in [6.45, 7) is 1.78. The van der Waals surface area contributed by atoms with Crippen molar-refractivity contribution in [2.24, 2.45) is 0 Å². The van der Waals surface area contributed by atoms with Crippen molar-refractivity contribution in [2.75, 3.05) is 52.8 Å². The van der Waals surface area contributed by atoms with E-state index in [1.165, 1.54) is 29.4 Å². The summed E-state index contributed by atoms with van der Waals surface area (Å²) in [5, 5.41) is 3.02. The Morgan fingerprint density at radius 1 is 1.19 bits per heavy atom. The molecule has 0 atom stereocenters. The molecule has 1 N–H and O–H groups in total. The molecule has 1 amide bonds. The van der Waals surface area contributed by atoms with Gasteiger partial charge in [-0.2, -0.15) is 4.31 Å². The highest BCUT2D eigenvalue weighted by molar-refractivity contribution is 7.89. The molecule has 11 nitrogen and oxygen atoms in total. The van der Waals surface area contributed by atoms with Gasteiger partial charge in [-0.3, -0.25) is 14.2 Å². The third-order valence-electron chi connectivity index (χ3n) is 5.18. The Morgan fingerprint density at radius 2 is 1.88 bits per heavy atom. The van der Waals surface area contributed by atoms with Crippen molar-refractivity contribution in [1.29, 1.82) is 0 Å². The Kier molecular flexibility index (Phi) is 8.04. The molecule has 0 spiro atoms. The molecule has 2 aromatic rings. The molecule has 1 saturated heterocycles. The standard InChI is InChI=1S/C20H28N4O7S/c1-29-17-12-15-16(13-18(17)30-2)22-14-23(20(15)26)6-3-4-19(25)21-5-11-32(27,28)24-7-9-31-10-8-24/h12-14H,3-11H2,1-2H3,(H,21,25). The lowest BCUT2D eigenvalue weighted by molar-refractivity contribution is -0.121. The predicted molar refractivity (Wildman–Crippen MR) is 118 cm³/mol. The number of carbonyl (C=O) groups is 1. The number of nitrogens with one attached hydrogen (secondary N) is 1. The Bertz CT molecular complexity index is 1110. The van der Waals surface area contributed by atoms with Crippen LogP contribution in [-0.2, 0) is 26.1 Å². The van der Waals surface area contributed by atoms with Crippen molar-refractivity contribution >= 4 is 26.8 Å². The van der Waals surface area contributed by atoms with Crippen LogP contribution in [-0.4, -0.2) is 81.0 Å². The minimum absolute atomic E-state index is 0.0393. The molecule has 0 unspecified atom stereocenters. The Labute approximate surface area is 186 Å². The smallest absolute Gasteiger partial charge is 0.261 e. The molecule has 0 bridgehead atoms. The molecule has 1 aliphatic rings. The van der Waals surface area contributed by atoms with Gasteiger partial charge < -0.3 is 19.5 Å². The fourth-order valence-corrected chi connectivity index (χ4v) is 4.74. The molecule has 1 aromatic carbocycles. The van der Waals surface area contributed by atoms with E-state index in [2.05, 4.69) is 10.3 Å². The van der Waals surface area contributed by atoms with Gasteiger partial charge in [-0.1, -0.05) is 0 Å². The Morgan fingerprint density at radius 3 is 2.56 bits per heavy atom. The van der Waals surface area contributed by atoms with Crippen molar-refractivity contribution in [3.8, 4) is 11.5 Å². The lowest BCUT2D eigenvalue weighted by Crippen LogP contribution is -2.43. The maximum Gasteiger partial charge on any atom is 0.261 e. The number of benzene rings is 1. The number of fused-ring (bicyclic) bond motifs is 1. The van der Waals surface area contributed by atoms with Crippen molar-refractivity contribution in [3.05, 3.63) is 28.8 Å². The third kappa shape index (κ3) is 5.75. The highest BCUT2D eigenvalue weighted by atomic mass is 32.2. The number of carbonyl (C=O) groups excluding carboxylic acids is 1. The average Bonchev–Trinajstić information content (AvgIpc) is 2.80. The minimum Gasteiger partial charge on any atom is -0.493 e. The molecule has 12 heteroatoms. The van der Waals surface area contributed by atoms with Crippen LogP contribution in [0.4, 0.5) is 0 Å².